The summed E-state index contributed by atoms with van der Waals surface area (Å²) in [5.74, 6) is -4.32. The van der Waals surface area contributed by atoms with E-state index in [-0.39, 0.29) is 28.0 Å². The molecule has 4 nitrogen and oxygen atoms in total. The first kappa shape index (κ1) is 18.9. The molecule has 1 aromatic heterocycles. The van der Waals surface area contributed by atoms with Crippen molar-refractivity contribution in [2.75, 3.05) is 0 Å². The number of thioether (sulfide) groups is 1. The number of nitrogens with zero attached hydrogens (tertiary/aromatic N) is 1. The maximum atomic E-state index is 14.1. The molecule has 0 amide bonds. The van der Waals surface area contributed by atoms with Crippen molar-refractivity contribution in [2.24, 2.45) is 0 Å². The highest BCUT2D eigenvalue weighted by Gasteiger charge is 2.50. The number of halogens is 6. The summed E-state index contributed by atoms with van der Waals surface area (Å²) in [6, 6.07) is 4.41. The molecule has 0 unspecified atom stereocenters. The Morgan fingerprint density at radius 1 is 1.18 bits per heavy atom. The lowest BCUT2D eigenvalue weighted by Crippen LogP contribution is -2.21. The molecule has 1 aliphatic carbocycles. The Labute approximate surface area is 157 Å². The van der Waals surface area contributed by atoms with Gasteiger partial charge in [-0.1, -0.05) is 0 Å². The molecule has 0 bridgehead atoms. The fourth-order valence-corrected chi connectivity index (χ4v) is 3.87. The Hall–Kier alpha value is -2.40. The molecule has 148 valence electrons. The molecule has 2 N–H and O–H groups in total. The Morgan fingerprint density at radius 2 is 1.89 bits per heavy atom. The predicted molar refractivity (Wildman–Crippen MR) is 88.1 cm³/mol. The van der Waals surface area contributed by atoms with Gasteiger partial charge < -0.3 is 9.84 Å². The van der Waals surface area contributed by atoms with Crippen LogP contribution in [0.5, 0.6) is 11.5 Å². The van der Waals surface area contributed by atoms with E-state index in [1.807, 2.05) is 0 Å². The van der Waals surface area contributed by atoms with Gasteiger partial charge in [0.1, 0.15) is 28.9 Å². The quantitative estimate of drug-likeness (QED) is 0.444. The minimum absolute atomic E-state index is 0.0313. The molecule has 3 aromatic rings. The number of hydrogen-bond donors (Lipinski definition) is 2. The molecule has 0 fully saturated rings. The van der Waals surface area contributed by atoms with Gasteiger partial charge in [-0.2, -0.15) is 18.3 Å². The van der Waals surface area contributed by atoms with Crippen LogP contribution < -0.4 is 4.74 Å². The monoisotopic (exact) mass is 420 g/mol. The van der Waals surface area contributed by atoms with Crippen LogP contribution in [0.1, 0.15) is 17.2 Å². The number of aliphatic hydroxyl groups excluding tert-OH is 1. The smallest absolute Gasteiger partial charge is 0.446 e. The van der Waals surface area contributed by atoms with Crippen molar-refractivity contribution in [3.63, 3.8) is 0 Å². The van der Waals surface area contributed by atoms with Crippen LogP contribution in [0.4, 0.5) is 26.3 Å². The van der Waals surface area contributed by atoms with Gasteiger partial charge in [-0.25, -0.2) is 13.2 Å². The highest BCUT2D eigenvalue weighted by molar-refractivity contribution is 8.00. The van der Waals surface area contributed by atoms with Crippen LogP contribution in [0.3, 0.4) is 0 Å². The van der Waals surface area contributed by atoms with E-state index >= 15 is 0 Å². The molecule has 0 saturated carbocycles. The Morgan fingerprint density at radius 3 is 2.61 bits per heavy atom. The minimum Gasteiger partial charge on any atom is -0.456 e. The summed E-state index contributed by atoms with van der Waals surface area (Å²) in [4.78, 5) is -0.521. The van der Waals surface area contributed by atoms with Crippen molar-refractivity contribution in [1.29, 1.82) is 0 Å². The van der Waals surface area contributed by atoms with Gasteiger partial charge in [0, 0.05) is 22.4 Å². The topological polar surface area (TPSA) is 58.1 Å². The van der Waals surface area contributed by atoms with Gasteiger partial charge in [0.25, 0.3) is 5.92 Å². The van der Waals surface area contributed by atoms with Crippen LogP contribution in [0.15, 0.2) is 35.4 Å². The van der Waals surface area contributed by atoms with E-state index < -0.39 is 52.0 Å². The summed E-state index contributed by atoms with van der Waals surface area (Å²) < 4.78 is 85.8. The van der Waals surface area contributed by atoms with Gasteiger partial charge in [0.2, 0.25) is 0 Å². The molecule has 1 atom stereocenters. The average molecular weight is 420 g/mol. The summed E-state index contributed by atoms with van der Waals surface area (Å²) in [5.41, 5.74) is -5.43. The van der Waals surface area contributed by atoms with E-state index in [4.69, 9.17) is 4.74 Å². The third-order valence-corrected chi connectivity index (χ3v) is 5.14. The standard InChI is InChI=1S/C17H10F6N2O2S/c18-9-1-2-11(8-6-24-25-14(8)9)27-10-3-4-12(28-17(21,22)23)13-7(10)5-16(19,20)15(13)26/h1-4,6,15,26H,5H2,(H,24,25)/t15-/m0/s1. The number of rotatable bonds is 3. The van der Waals surface area contributed by atoms with Crippen LogP contribution in [0.25, 0.3) is 10.9 Å². The first-order valence-electron chi connectivity index (χ1n) is 7.83. The molecule has 4 rings (SSSR count). The second-order valence-corrected chi connectivity index (χ2v) is 7.26. The van der Waals surface area contributed by atoms with E-state index in [0.717, 1.165) is 18.2 Å². The van der Waals surface area contributed by atoms with Crippen molar-refractivity contribution in [3.05, 3.63) is 47.4 Å². The first-order valence-corrected chi connectivity index (χ1v) is 8.65. The van der Waals surface area contributed by atoms with E-state index in [2.05, 4.69) is 10.2 Å². The summed E-state index contributed by atoms with van der Waals surface area (Å²) in [6.07, 6.45) is -2.11. The summed E-state index contributed by atoms with van der Waals surface area (Å²) >= 11 is -0.582. The molecule has 2 aromatic carbocycles. The summed E-state index contributed by atoms with van der Waals surface area (Å²) in [5, 5.41) is 16.3. The highest BCUT2D eigenvalue weighted by Crippen LogP contribution is 2.53. The van der Waals surface area contributed by atoms with Gasteiger partial charge in [0.05, 0.1) is 11.6 Å². The van der Waals surface area contributed by atoms with E-state index in [9.17, 15) is 31.4 Å². The second kappa shape index (κ2) is 6.31. The minimum atomic E-state index is -4.71. The third kappa shape index (κ3) is 3.18. The molecule has 0 saturated heterocycles. The Kier molecular flexibility index (Phi) is 4.27. The van der Waals surface area contributed by atoms with Gasteiger partial charge in [0.15, 0.2) is 0 Å². The molecule has 11 heteroatoms. The second-order valence-electron chi connectivity index (χ2n) is 6.15. The molecule has 0 aliphatic heterocycles. The summed E-state index contributed by atoms with van der Waals surface area (Å²) in [6.45, 7) is 0. The lowest BCUT2D eigenvalue weighted by atomic mass is 10.1. The molecule has 0 spiro atoms. The van der Waals surface area contributed by atoms with Crippen LogP contribution in [-0.4, -0.2) is 26.7 Å². The SMILES string of the molecule is O[C@H]1c2c(SC(F)(F)F)ccc(Oc3ccc(F)c4[nH]ncc34)c2CC1(F)F. The van der Waals surface area contributed by atoms with Crippen LogP contribution >= 0.6 is 11.8 Å². The zero-order valence-electron chi connectivity index (χ0n) is 13.6. The number of nitrogens with one attached hydrogen (secondary N) is 1. The van der Waals surface area contributed by atoms with Crippen molar-refractivity contribution in [1.82, 2.24) is 10.2 Å². The summed E-state index contributed by atoms with van der Waals surface area (Å²) in [7, 11) is 0. The number of aromatic amines is 1. The van der Waals surface area contributed by atoms with E-state index in [0.29, 0.717) is 0 Å². The highest BCUT2D eigenvalue weighted by atomic mass is 32.2. The maximum Gasteiger partial charge on any atom is 0.446 e. The van der Waals surface area contributed by atoms with E-state index in [1.54, 1.807) is 0 Å². The van der Waals surface area contributed by atoms with Crippen LogP contribution in [0, 0.1) is 5.82 Å². The number of benzene rings is 2. The largest absolute Gasteiger partial charge is 0.456 e. The lowest BCUT2D eigenvalue weighted by molar-refractivity contribution is -0.0977. The van der Waals surface area contributed by atoms with Crippen molar-refractivity contribution in [3.8, 4) is 11.5 Å². The zero-order chi connectivity index (χ0) is 20.3. The van der Waals surface area contributed by atoms with Crippen molar-refractivity contribution in [2.45, 2.75) is 28.9 Å². The van der Waals surface area contributed by atoms with Crippen LogP contribution in [-0.2, 0) is 6.42 Å². The first-order chi connectivity index (χ1) is 13.1. The number of hydrogen-bond acceptors (Lipinski definition) is 4. The third-order valence-electron chi connectivity index (χ3n) is 4.33. The van der Waals surface area contributed by atoms with Crippen molar-refractivity contribution < 1.29 is 36.2 Å². The number of alkyl halides is 5. The predicted octanol–water partition coefficient (Wildman–Crippen LogP) is 5.33. The number of fused-ring (bicyclic) bond motifs is 2. The molecule has 1 aliphatic rings. The lowest BCUT2D eigenvalue weighted by Gasteiger charge is -2.17. The Bertz CT molecular complexity index is 1070. The normalized spacial score (nSPS) is 18.5. The average Bonchev–Trinajstić information content (AvgIpc) is 3.16. The molecular formula is C17H10F6N2O2S. The number of aliphatic hydroxyl groups is 1. The fourth-order valence-electron chi connectivity index (χ4n) is 3.14. The van der Waals surface area contributed by atoms with Gasteiger partial charge in [-0.15, -0.1) is 0 Å². The Balaban J connectivity index is 1.81. The molecule has 28 heavy (non-hydrogen) atoms. The maximum absolute atomic E-state index is 14.1. The fraction of sp³-hybridized carbons (Fsp3) is 0.235. The molecular weight excluding hydrogens is 410 g/mol. The van der Waals surface area contributed by atoms with Gasteiger partial charge >= 0.3 is 5.51 Å². The van der Waals surface area contributed by atoms with E-state index in [1.165, 1.54) is 12.3 Å². The van der Waals surface area contributed by atoms with Crippen LogP contribution in [0.2, 0.25) is 0 Å². The zero-order valence-corrected chi connectivity index (χ0v) is 14.5. The number of ether oxygens (including phenoxy) is 1. The van der Waals surface area contributed by atoms with Gasteiger partial charge in [-0.05, 0) is 36.0 Å². The number of H-pyrrole nitrogens is 1. The number of aromatic nitrogens is 2. The molecule has 0 radical (unpaired) electrons. The van der Waals surface area contributed by atoms with Crippen molar-refractivity contribution >= 4 is 22.7 Å². The molecule has 1 heterocycles. The van der Waals surface area contributed by atoms with Gasteiger partial charge in [-0.3, -0.25) is 5.10 Å².